The van der Waals surface area contributed by atoms with Gasteiger partial charge in [-0.05, 0) is 25.5 Å². The molecule has 0 saturated carbocycles. The number of hydrogen-bond donors (Lipinski definition) is 1. The first-order valence-corrected chi connectivity index (χ1v) is 10.9. The third kappa shape index (κ3) is 4.64. The Labute approximate surface area is 156 Å². The minimum atomic E-state index is -3.04. The summed E-state index contributed by atoms with van der Waals surface area (Å²) in [6.07, 6.45) is 2.54. The van der Waals surface area contributed by atoms with E-state index in [1.165, 1.54) is 0 Å². The van der Waals surface area contributed by atoms with Crippen molar-refractivity contribution >= 4 is 21.8 Å². The van der Waals surface area contributed by atoms with Crippen molar-refractivity contribution in [2.24, 2.45) is 4.99 Å². The Morgan fingerprint density at radius 1 is 1.23 bits per heavy atom. The number of anilines is 1. The van der Waals surface area contributed by atoms with Gasteiger partial charge in [0.2, 0.25) is 10.0 Å². The van der Waals surface area contributed by atoms with E-state index in [-0.39, 0.29) is 5.75 Å². The molecule has 2 fully saturated rings. The number of hydrogen-bond acceptors (Lipinski definition) is 5. The molecule has 0 unspecified atom stereocenters. The predicted octanol–water partition coefficient (Wildman–Crippen LogP) is 0.205. The first kappa shape index (κ1) is 18.9. The molecular weight excluding hydrogens is 352 g/mol. The number of rotatable bonds is 5. The van der Waals surface area contributed by atoms with Gasteiger partial charge >= 0.3 is 0 Å². The maximum absolute atomic E-state index is 11.9. The third-order valence-corrected chi connectivity index (χ3v) is 6.66. The predicted molar refractivity (Wildman–Crippen MR) is 104 cm³/mol. The van der Waals surface area contributed by atoms with Crippen LogP contribution >= 0.6 is 0 Å². The molecule has 1 N–H and O–H groups in total. The van der Waals surface area contributed by atoms with Crippen LogP contribution in [-0.2, 0) is 10.0 Å². The summed E-state index contributed by atoms with van der Waals surface area (Å²) in [5.74, 6) is 2.14. The van der Waals surface area contributed by atoms with Gasteiger partial charge in [0, 0.05) is 52.0 Å². The largest absolute Gasteiger partial charge is 0.357 e. The fourth-order valence-electron chi connectivity index (χ4n) is 3.32. The monoisotopic (exact) mass is 380 g/mol. The van der Waals surface area contributed by atoms with E-state index in [1.54, 1.807) is 4.31 Å². The smallest absolute Gasteiger partial charge is 0.214 e. The number of guanidine groups is 1. The molecule has 0 radical (unpaired) electrons. The summed E-state index contributed by atoms with van der Waals surface area (Å²) in [6.45, 7) is 7.93. The zero-order valence-corrected chi connectivity index (χ0v) is 16.2. The fourth-order valence-corrected chi connectivity index (χ4v) is 4.84. The first-order chi connectivity index (χ1) is 12.6. The lowest BCUT2D eigenvalue weighted by molar-refractivity contribution is 0.370. The Kier molecular flexibility index (Phi) is 6.31. The molecule has 2 aliphatic rings. The van der Waals surface area contributed by atoms with Gasteiger partial charge in [-0.15, -0.1) is 0 Å². The summed E-state index contributed by atoms with van der Waals surface area (Å²) in [5.41, 5.74) is 0. The average molecular weight is 381 g/mol. The SMILES string of the molecule is CCNC(=NCCN1CCCS1(=O)=O)N1CCN(c2ccccn2)CC1. The molecule has 3 heterocycles. The normalized spacial score (nSPS) is 21.2. The molecule has 1 aromatic rings. The third-order valence-electron chi connectivity index (χ3n) is 4.70. The minimum absolute atomic E-state index is 0.270. The summed E-state index contributed by atoms with van der Waals surface area (Å²) in [4.78, 5) is 13.6. The van der Waals surface area contributed by atoms with Crippen molar-refractivity contribution in [1.29, 1.82) is 0 Å². The maximum atomic E-state index is 11.9. The molecule has 2 saturated heterocycles. The Morgan fingerprint density at radius 3 is 2.65 bits per heavy atom. The van der Waals surface area contributed by atoms with Crippen LogP contribution in [0.15, 0.2) is 29.4 Å². The van der Waals surface area contributed by atoms with Gasteiger partial charge in [-0.1, -0.05) is 6.07 Å². The molecular formula is C17H28N6O2S. The highest BCUT2D eigenvalue weighted by molar-refractivity contribution is 7.89. The zero-order valence-electron chi connectivity index (χ0n) is 15.3. The van der Waals surface area contributed by atoms with Gasteiger partial charge in [0.15, 0.2) is 5.96 Å². The summed E-state index contributed by atoms with van der Waals surface area (Å²) in [5, 5.41) is 3.33. The van der Waals surface area contributed by atoms with Crippen LogP contribution in [0.5, 0.6) is 0 Å². The van der Waals surface area contributed by atoms with E-state index in [1.807, 2.05) is 31.3 Å². The van der Waals surface area contributed by atoms with Crippen molar-refractivity contribution in [2.45, 2.75) is 13.3 Å². The lowest BCUT2D eigenvalue weighted by atomic mass is 10.3. The summed E-state index contributed by atoms with van der Waals surface area (Å²) in [7, 11) is -3.04. The van der Waals surface area contributed by atoms with Gasteiger partial charge in [-0.3, -0.25) is 4.99 Å². The minimum Gasteiger partial charge on any atom is -0.357 e. The molecule has 0 aliphatic carbocycles. The van der Waals surface area contributed by atoms with Crippen LogP contribution in [0.25, 0.3) is 0 Å². The van der Waals surface area contributed by atoms with Crippen LogP contribution in [0, 0.1) is 0 Å². The van der Waals surface area contributed by atoms with Gasteiger partial charge in [-0.2, -0.15) is 0 Å². The molecule has 2 aliphatic heterocycles. The van der Waals surface area contributed by atoms with E-state index in [4.69, 9.17) is 0 Å². The Hall–Kier alpha value is -1.87. The molecule has 0 spiro atoms. The molecule has 26 heavy (non-hydrogen) atoms. The van der Waals surface area contributed by atoms with Crippen LogP contribution in [0.4, 0.5) is 5.82 Å². The zero-order chi connectivity index (χ0) is 18.4. The number of aliphatic imine (C=N–C) groups is 1. The number of nitrogens with zero attached hydrogens (tertiary/aromatic N) is 5. The van der Waals surface area contributed by atoms with E-state index >= 15 is 0 Å². The molecule has 8 nitrogen and oxygen atoms in total. The van der Waals surface area contributed by atoms with Crippen molar-refractivity contribution in [3.8, 4) is 0 Å². The van der Waals surface area contributed by atoms with Crippen molar-refractivity contribution in [1.82, 2.24) is 19.5 Å². The molecule has 144 valence electrons. The van der Waals surface area contributed by atoms with E-state index in [0.29, 0.717) is 19.6 Å². The average Bonchev–Trinajstić information content (AvgIpc) is 3.00. The Balaban J connectivity index is 1.55. The van der Waals surface area contributed by atoms with Gasteiger partial charge in [-0.25, -0.2) is 17.7 Å². The second-order valence-corrected chi connectivity index (χ2v) is 8.55. The highest BCUT2D eigenvalue weighted by Gasteiger charge is 2.27. The van der Waals surface area contributed by atoms with E-state index in [0.717, 1.165) is 50.9 Å². The molecule has 1 aromatic heterocycles. The summed E-state index contributed by atoms with van der Waals surface area (Å²) < 4.78 is 25.3. The van der Waals surface area contributed by atoms with Crippen LogP contribution in [0.2, 0.25) is 0 Å². The Bertz CT molecular complexity index is 701. The van der Waals surface area contributed by atoms with Crippen molar-refractivity contribution in [3.63, 3.8) is 0 Å². The Morgan fingerprint density at radius 2 is 2.04 bits per heavy atom. The topological polar surface area (TPSA) is 81.1 Å². The summed E-state index contributed by atoms with van der Waals surface area (Å²) >= 11 is 0. The van der Waals surface area contributed by atoms with Crippen molar-refractivity contribution in [2.75, 3.05) is 63.0 Å². The fraction of sp³-hybridized carbons (Fsp3) is 0.647. The van der Waals surface area contributed by atoms with Crippen LogP contribution < -0.4 is 10.2 Å². The first-order valence-electron chi connectivity index (χ1n) is 9.27. The lowest BCUT2D eigenvalue weighted by Crippen LogP contribution is -2.52. The molecule has 0 atom stereocenters. The van der Waals surface area contributed by atoms with Gasteiger partial charge in [0.25, 0.3) is 0 Å². The second kappa shape index (κ2) is 8.68. The number of pyridine rings is 1. The number of piperazine rings is 1. The lowest BCUT2D eigenvalue weighted by Gasteiger charge is -2.37. The highest BCUT2D eigenvalue weighted by atomic mass is 32.2. The maximum Gasteiger partial charge on any atom is 0.214 e. The molecule has 0 aromatic carbocycles. The van der Waals surface area contributed by atoms with Crippen LogP contribution in [0.3, 0.4) is 0 Å². The van der Waals surface area contributed by atoms with Gasteiger partial charge < -0.3 is 15.1 Å². The quantitative estimate of drug-likeness (QED) is 0.581. The van der Waals surface area contributed by atoms with Crippen molar-refractivity contribution < 1.29 is 8.42 Å². The van der Waals surface area contributed by atoms with E-state index < -0.39 is 10.0 Å². The number of nitrogens with one attached hydrogen (secondary N) is 1. The molecule has 9 heteroatoms. The van der Waals surface area contributed by atoms with Crippen molar-refractivity contribution in [3.05, 3.63) is 24.4 Å². The van der Waals surface area contributed by atoms with Gasteiger partial charge in [0.05, 0.1) is 12.3 Å². The van der Waals surface area contributed by atoms with E-state index in [2.05, 4.69) is 25.1 Å². The summed E-state index contributed by atoms with van der Waals surface area (Å²) in [6, 6.07) is 5.97. The van der Waals surface area contributed by atoms with Crippen LogP contribution in [0.1, 0.15) is 13.3 Å². The standard InChI is InChI=1S/C17H28N6O2S/c1-2-18-17(20-8-10-23-9-5-15-26(23,24)25)22-13-11-21(12-14-22)16-6-3-4-7-19-16/h3-4,6-7H,2,5,8-15H2,1H3,(H,18,20). The number of aromatic nitrogens is 1. The van der Waals surface area contributed by atoms with E-state index in [9.17, 15) is 8.42 Å². The number of sulfonamides is 1. The second-order valence-electron chi connectivity index (χ2n) is 6.47. The van der Waals surface area contributed by atoms with Crippen LogP contribution in [-0.4, -0.2) is 86.7 Å². The molecule has 3 rings (SSSR count). The molecule has 0 amide bonds. The molecule has 0 bridgehead atoms. The highest BCUT2D eigenvalue weighted by Crippen LogP contribution is 2.14. The van der Waals surface area contributed by atoms with Gasteiger partial charge in [0.1, 0.15) is 5.82 Å².